The van der Waals surface area contributed by atoms with Crippen LogP contribution in [0.15, 0.2) is 64.8 Å². The molecule has 2 amide bonds. The van der Waals surface area contributed by atoms with Crippen molar-refractivity contribution in [2.24, 2.45) is 10.7 Å². The first kappa shape index (κ1) is 20.7. The van der Waals surface area contributed by atoms with Crippen molar-refractivity contribution in [3.63, 3.8) is 0 Å². The number of carbonyl (C=O) groups excluding carboxylic acids is 2. The van der Waals surface area contributed by atoms with Gasteiger partial charge in [0.2, 0.25) is 11.8 Å². The molecule has 7 heteroatoms. The number of benzene rings is 2. The number of hydrogen-bond donors (Lipinski definition) is 3. The molecule has 4 N–H and O–H groups in total. The molecule has 0 aromatic heterocycles. The smallest absolute Gasteiger partial charge is 0.248 e. The topological polar surface area (TPSA) is 96.6 Å². The molecule has 1 aliphatic heterocycles. The van der Waals surface area contributed by atoms with E-state index >= 15 is 0 Å². The van der Waals surface area contributed by atoms with Crippen LogP contribution in [0.3, 0.4) is 0 Å². The summed E-state index contributed by atoms with van der Waals surface area (Å²) in [5, 5.41) is 6.58. The van der Waals surface area contributed by atoms with Crippen LogP contribution in [0.5, 0.6) is 0 Å². The minimum absolute atomic E-state index is 0.124. The fraction of sp³-hybridized carbons (Fsp3) is 0.227. The van der Waals surface area contributed by atoms with Crippen LogP contribution in [0.25, 0.3) is 0 Å². The lowest BCUT2D eigenvalue weighted by atomic mass is 9.96. The lowest BCUT2D eigenvalue weighted by Crippen LogP contribution is -2.33. The molecule has 0 aliphatic carbocycles. The molecule has 1 heterocycles. The monoisotopic (exact) mass is 408 g/mol. The van der Waals surface area contributed by atoms with E-state index in [1.54, 1.807) is 6.92 Å². The van der Waals surface area contributed by atoms with Gasteiger partial charge in [-0.1, -0.05) is 48.2 Å². The Kier molecular flexibility index (Phi) is 6.39. The number of amidine groups is 1. The van der Waals surface area contributed by atoms with Gasteiger partial charge < -0.3 is 16.4 Å². The Hall–Kier alpha value is -3.06. The molecule has 2 aromatic carbocycles. The molecule has 1 atom stereocenters. The van der Waals surface area contributed by atoms with E-state index in [9.17, 15) is 9.59 Å². The van der Waals surface area contributed by atoms with E-state index in [1.165, 1.54) is 17.3 Å². The maximum absolute atomic E-state index is 12.4. The van der Waals surface area contributed by atoms with E-state index in [4.69, 9.17) is 5.73 Å². The Morgan fingerprint density at radius 3 is 2.48 bits per heavy atom. The number of amides is 2. The molecular weight excluding hydrogens is 384 g/mol. The van der Waals surface area contributed by atoms with Crippen molar-refractivity contribution in [1.82, 2.24) is 5.32 Å². The number of nitrogens with zero attached hydrogens (tertiary/aromatic N) is 1. The molecule has 0 bridgehead atoms. The Bertz CT molecular complexity index is 999. The molecule has 150 valence electrons. The largest absolute Gasteiger partial charge is 0.366 e. The third-order valence-corrected chi connectivity index (χ3v) is 5.62. The SMILES string of the molecule is CC1=C(C(N)=O)[C@@H](c2ccccc2)N=C(SCC(=O)Nc2ccc(C)c(C)c2)N1. The first-order valence-electron chi connectivity index (χ1n) is 9.25. The predicted molar refractivity (Wildman–Crippen MR) is 119 cm³/mol. The number of hydrogen-bond acceptors (Lipinski definition) is 5. The molecule has 0 fully saturated rings. The highest BCUT2D eigenvalue weighted by molar-refractivity contribution is 8.14. The highest BCUT2D eigenvalue weighted by Gasteiger charge is 2.28. The number of nitrogens with two attached hydrogens (primary N) is 1. The number of allylic oxidation sites excluding steroid dienone is 1. The Balaban J connectivity index is 1.71. The van der Waals surface area contributed by atoms with Crippen molar-refractivity contribution in [3.8, 4) is 0 Å². The number of aryl methyl sites for hydroxylation is 2. The maximum atomic E-state index is 12.4. The Morgan fingerprint density at radius 2 is 1.83 bits per heavy atom. The predicted octanol–water partition coefficient (Wildman–Crippen LogP) is 3.43. The summed E-state index contributed by atoms with van der Waals surface area (Å²) in [6, 6.07) is 14.8. The molecule has 0 unspecified atom stereocenters. The van der Waals surface area contributed by atoms with Crippen LogP contribution in [0.2, 0.25) is 0 Å². The average molecular weight is 409 g/mol. The van der Waals surface area contributed by atoms with Crippen LogP contribution in [-0.2, 0) is 9.59 Å². The van der Waals surface area contributed by atoms with Crippen LogP contribution < -0.4 is 16.4 Å². The Labute approximate surface area is 174 Å². The second-order valence-corrected chi connectivity index (χ2v) is 7.88. The van der Waals surface area contributed by atoms with Crippen molar-refractivity contribution in [2.45, 2.75) is 26.8 Å². The standard InChI is InChI=1S/C22H24N4O2S/c1-13-9-10-17(11-14(13)2)25-18(27)12-29-22-24-15(3)19(21(23)28)20(26-22)16-7-5-4-6-8-16/h4-11,20H,12H2,1-3H3,(H2,23,28)(H,24,26)(H,25,27)/t20-/m1/s1. The van der Waals surface area contributed by atoms with Gasteiger partial charge in [-0.05, 0) is 49.6 Å². The van der Waals surface area contributed by atoms with E-state index in [2.05, 4.69) is 15.6 Å². The van der Waals surface area contributed by atoms with Crippen LogP contribution in [0, 0.1) is 13.8 Å². The van der Waals surface area contributed by atoms with Gasteiger partial charge in [-0.15, -0.1) is 0 Å². The van der Waals surface area contributed by atoms with Crippen LogP contribution in [0.4, 0.5) is 5.69 Å². The van der Waals surface area contributed by atoms with Gasteiger partial charge in [-0.3, -0.25) is 9.59 Å². The number of aliphatic imine (C=N–C) groups is 1. The van der Waals surface area contributed by atoms with Crippen molar-refractivity contribution in [2.75, 3.05) is 11.1 Å². The maximum Gasteiger partial charge on any atom is 0.248 e. The first-order valence-corrected chi connectivity index (χ1v) is 10.2. The molecule has 2 aromatic rings. The van der Waals surface area contributed by atoms with E-state index < -0.39 is 11.9 Å². The van der Waals surface area contributed by atoms with Crippen molar-refractivity contribution < 1.29 is 9.59 Å². The van der Waals surface area contributed by atoms with E-state index in [0.717, 1.165) is 16.8 Å². The number of primary amides is 1. The first-order chi connectivity index (χ1) is 13.8. The number of thioether (sulfide) groups is 1. The second-order valence-electron chi connectivity index (χ2n) is 6.91. The summed E-state index contributed by atoms with van der Waals surface area (Å²) < 4.78 is 0. The molecule has 1 aliphatic rings. The molecule has 0 radical (unpaired) electrons. The minimum atomic E-state index is -0.510. The number of carbonyl (C=O) groups is 2. The zero-order valence-corrected chi connectivity index (χ0v) is 17.5. The van der Waals surface area contributed by atoms with Gasteiger partial charge in [0, 0.05) is 11.4 Å². The summed E-state index contributed by atoms with van der Waals surface area (Å²) in [4.78, 5) is 29.0. The highest BCUT2D eigenvalue weighted by atomic mass is 32.2. The molecule has 29 heavy (non-hydrogen) atoms. The van der Waals surface area contributed by atoms with Gasteiger partial charge in [0.1, 0.15) is 6.04 Å². The number of rotatable bonds is 5. The summed E-state index contributed by atoms with van der Waals surface area (Å²) >= 11 is 1.29. The van der Waals surface area contributed by atoms with Crippen molar-refractivity contribution >= 4 is 34.4 Å². The second kappa shape index (κ2) is 8.96. The minimum Gasteiger partial charge on any atom is -0.366 e. The van der Waals surface area contributed by atoms with Gasteiger partial charge in [0.15, 0.2) is 5.17 Å². The normalized spacial score (nSPS) is 16.1. The fourth-order valence-electron chi connectivity index (χ4n) is 3.07. The Morgan fingerprint density at radius 1 is 1.10 bits per heavy atom. The third kappa shape index (κ3) is 5.06. The summed E-state index contributed by atoms with van der Waals surface area (Å²) in [5.41, 5.74) is 10.6. The summed E-state index contributed by atoms with van der Waals surface area (Å²) in [7, 11) is 0. The quantitative estimate of drug-likeness (QED) is 0.706. The van der Waals surface area contributed by atoms with E-state index in [1.807, 2.05) is 62.4 Å². The van der Waals surface area contributed by atoms with Crippen LogP contribution >= 0.6 is 11.8 Å². The van der Waals surface area contributed by atoms with Gasteiger partial charge >= 0.3 is 0 Å². The molecule has 6 nitrogen and oxygen atoms in total. The summed E-state index contributed by atoms with van der Waals surface area (Å²) in [6.07, 6.45) is 0. The van der Waals surface area contributed by atoms with Crippen LogP contribution in [-0.4, -0.2) is 22.7 Å². The lowest BCUT2D eigenvalue weighted by Gasteiger charge is -2.25. The summed E-state index contributed by atoms with van der Waals surface area (Å²) in [6.45, 7) is 5.83. The van der Waals surface area contributed by atoms with E-state index in [0.29, 0.717) is 16.4 Å². The zero-order chi connectivity index (χ0) is 21.0. The third-order valence-electron chi connectivity index (χ3n) is 4.73. The summed E-state index contributed by atoms with van der Waals surface area (Å²) in [5.74, 6) is -0.440. The van der Waals surface area contributed by atoms with E-state index in [-0.39, 0.29) is 11.7 Å². The molecule has 3 rings (SSSR count). The molecule has 0 saturated heterocycles. The molecule has 0 spiro atoms. The number of anilines is 1. The van der Waals surface area contributed by atoms with Gasteiger partial charge in [-0.2, -0.15) is 0 Å². The highest BCUT2D eigenvalue weighted by Crippen LogP contribution is 2.31. The van der Waals surface area contributed by atoms with Gasteiger partial charge in [-0.25, -0.2) is 4.99 Å². The van der Waals surface area contributed by atoms with Gasteiger partial charge in [0.25, 0.3) is 0 Å². The zero-order valence-electron chi connectivity index (χ0n) is 16.7. The fourth-order valence-corrected chi connectivity index (χ4v) is 3.81. The number of nitrogens with one attached hydrogen (secondary N) is 2. The van der Waals surface area contributed by atoms with Crippen molar-refractivity contribution in [3.05, 3.63) is 76.5 Å². The molecule has 0 saturated carbocycles. The van der Waals surface area contributed by atoms with Crippen molar-refractivity contribution in [1.29, 1.82) is 0 Å². The average Bonchev–Trinajstić information content (AvgIpc) is 2.69. The van der Waals surface area contributed by atoms with Gasteiger partial charge in [0.05, 0.1) is 11.3 Å². The lowest BCUT2D eigenvalue weighted by molar-refractivity contribution is -0.115. The molecular formula is C22H24N4O2S. The van der Waals surface area contributed by atoms with Crippen LogP contribution in [0.1, 0.15) is 29.7 Å².